The molecule has 114 valence electrons. The van der Waals surface area contributed by atoms with Gasteiger partial charge >= 0.3 is 12.0 Å². The van der Waals surface area contributed by atoms with Crippen molar-refractivity contribution in [1.29, 1.82) is 0 Å². The molecule has 0 radical (unpaired) electrons. The summed E-state index contributed by atoms with van der Waals surface area (Å²) in [6.45, 7) is 0.113. The number of carbonyl (C=O) groups is 3. The molecule has 0 saturated carbocycles. The van der Waals surface area contributed by atoms with Gasteiger partial charge in [-0.2, -0.15) is 0 Å². The van der Waals surface area contributed by atoms with Crippen LogP contribution in [0.15, 0.2) is 24.3 Å². The standard InChI is InChI=1S/C14H13N3O4S/c18-12(6-5-9-13(19)17-14(20)16-9)21-7-11-15-8-3-1-2-4-10(8)22-11/h1-4,9H,5-7H2,(H2,16,17,19,20)/t9-/m1/s1. The van der Waals surface area contributed by atoms with E-state index in [2.05, 4.69) is 15.6 Å². The highest BCUT2D eigenvalue weighted by Gasteiger charge is 2.29. The van der Waals surface area contributed by atoms with Gasteiger partial charge < -0.3 is 10.1 Å². The number of benzene rings is 1. The zero-order chi connectivity index (χ0) is 15.5. The number of fused-ring (bicyclic) bond motifs is 1. The van der Waals surface area contributed by atoms with Gasteiger partial charge in [-0.3, -0.25) is 14.9 Å². The van der Waals surface area contributed by atoms with Gasteiger partial charge in [0, 0.05) is 6.42 Å². The first-order valence-corrected chi connectivity index (χ1v) is 7.55. The molecule has 2 N–H and O–H groups in total. The Morgan fingerprint density at radius 2 is 2.14 bits per heavy atom. The fourth-order valence-corrected chi connectivity index (χ4v) is 3.00. The number of esters is 1. The van der Waals surface area contributed by atoms with Crippen LogP contribution in [-0.4, -0.2) is 28.9 Å². The Kier molecular flexibility index (Phi) is 4.01. The molecule has 1 saturated heterocycles. The van der Waals surface area contributed by atoms with Gasteiger partial charge in [-0.25, -0.2) is 9.78 Å². The topological polar surface area (TPSA) is 97.4 Å². The van der Waals surface area contributed by atoms with Gasteiger partial charge in [0.2, 0.25) is 0 Å². The van der Waals surface area contributed by atoms with E-state index in [1.54, 1.807) is 0 Å². The van der Waals surface area contributed by atoms with E-state index in [0.29, 0.717) is 0 Å². The van der Waals surface area contributed by atoms with Crippen molar-refractivity contribution in [2.75, 3.05) is 0 Å². The molecule has 1 aromatic carbocycles. The number of nitrogens with one attached hydrogen (secondary N) is 2. The molecule has 1 aliphatic rings. The van der Waals surface area contributed by atoms with Crippen LogP contribution in [0.1, 0.15) is 17.8 Å². The van der Waals surface area contributed by atoms with E-state index < -0.39 is 23.9 Å². The smallest absolute Gasteiger partial charge is 0.322 e. The summed E-state index contributed by atoms with van der Waals surface area (Å²) in [5, 5.41) is 5.27. The van der Waals surface area contributed by atoms with E-state index in [-0.39, 0.29) is 19.4 Å². The highest BCUT2D eigenvalue weighted by molar-refractivity contribution is 7.18. The van der Waals surface area contributed by atoms with Crippen LogP contribution < -0.4 is 10.6 Å². The van der Waals surface area contributed by atoms with E-state index in [1.165, 1.54) is 11.3 Å². The first-order valence-electron chi connectivity index (χ1n) is 6.73. The summed E-state index contributed by atoms with van der Waals surface area (Å²) in [6.07, 6.45) is 0.277. The summed E-state index contributed by atoms with van der Waals surface area (Å²) in [4.78, 5) is 38.3. The summed E-state index contributed by atoms with van der Waals surface area (Å²) in [5.41, 5.74) is 0.879. The molecule has 7 nitrogen and oxygen atoms in total. The maximum absolute atomic E-state index is 11.7. The molecule has 0 spiro atoms. The Labute approximate surface area is 129 Å². The van der Waals surface area contributed by atoms with Crippen LogP contribution in [0.5, 0.6) is 0 Å². The Morgan fingerprint density at radius 1 is 1.32 bits per heavy atom. The predicted molar refractivity (Wildman–Crippen MR) is 79.1 cm³/mol. The van der Waals surface area contributed by atoms with Crippen molar-refractivity contribution in [1.82, 2.24) is 15.6 Å². The number of carbonyl (C=O) groups excluding carboxylic acids is 3. The second-order valence-corrected chi connectivity index (χ2v) is 5.91. The zero-order valence-electron chi connectivity index (χ0n) is 11.5. The molecule has 1 fully saturated rings. The van der Waals surface area contributed by atoms with Crippen LogP contribution in [0.3, 0.4) is 0 Å². The minimum atomic E-state index is -0.664. The molecule has 1 atom stereocenters. The van der Waals surface area contributed by atoms with Crippen LogP contribution >= 0.6 is 11.3 Å². The first-order chi connectivity index (χ1) is 10.6. The molecule has 8 heteroatoms. The van der Waals surface area contributed by atoms with Crippen LogP contribution in [0.25, 0.3) is 10.2 Å². The van der Waals surface area contributed by atoms with Gasteiger partial charge in [0.1, 0.15) is 17.7 Å². The average molecular weight is 319 g/mol. The van der Waals surface area contributed by atoms with E-state index in [4.69, 9.17) is 4.74 Å². The number of hydrogen-bond acceptors (Lipinski definition) is 6. The summed E-state index contributed by atoms with van der Waals surface area (Å²) >= 11 is 1.47. The molecule has 0 unspecified atom stereocenters. The lowest BCUT2D eigenvalue weighted by atomic mass is 10.1. The maximum Gasteiger partial charge on any atom is 0.322 e. The first kappa shape index (κ1) is 14.5. The predicted octanol–water partition coefficient (Wildman–Crippen LogP) is 1.33. The van der Waals surface area contributed by atoms with Crippen molar-refractivity contribution in [3.8, 4) is 0 Å². The van der Waals surface area contributed by atoms with Crippen molar-refractivity contribution >= 4 is 39.5 Å². The average Bonchev–Trinajstić information content (AvgIpc) is 3.05. The number of hydrogen-bond donors (Lipinski definition) is 2. The fourth-order valence-electron chi connectivity index (χ4n) is 2.12. The van der Waals surface area contributed by atoms with Gasteiger partial charge in [-0.15, -0.1) is 11.3 Å². The normalized spacial score (nSPS) is 17.4. The number of thiazole rings is 1. The van der Waals surface area contributed by atoms with Crippen molar-refractivity contribution in [2.45, 2.75) is 25.5 Å². The van der Waals surface area contributed by atoms with Crippen molar-refractivity contribution in [2.24, 2.45) is 0 Å². The lowest BCUT2D eigenvalue weighted by Crippen LogP contribution is -2.29. The molecule has 3 rings (SSSR count). The van der Waals surface area contributed by atoms with E-state index >= 15 is 0 Å². The highest BCUT2D eigenvalue weighted by Crippen LogP contribution is 2.22. The number of ether oxygens (including phenoxy) is 1. The van der Waals surface area contributed by atoms with Gasteiger partial charge in [0.15, 0.2) is 0 Å². The third-order valence-corrected chi connectivity index (χ3v) is 4.20. The SMILES string of the molecule is O=C1NC(=O)[C@@H](CCC(=O)OCc2nc3ccccc3s2)N1. The molecule has 1 aliphatic heterocycles. The van der Waals surface area contributed by atoms with Crippen LogP contribution in [0.4, 0.5) is 4.79 Å². The largest absolute Gasteiger partial charge is 0.458 e. The van der Waals surface area contributed by atoms with Crippen LogP contribution in [-0.2, 0) is 20.9 Å². The van der Waals surface area contributed by atoms with Gasteiger partial charge in [-0.1, -0.05) is 12.1 Å². The van der Waals surface area contributed by atoms with Crippen molar-refractivity contribution in [3.05, 3.63) is 29.3 Å². The summed E-state index contributed by atoms with van der Waals surface area (Å²) in [5.74, 6) is -0.836. The molecule has 1 aromatic heterocycles. The monoisotopic (exact) mass is 319 g/mol. The highest BCUT2D eigenvalue weighted by atomic mass is 32.1. The number of para-hydroxylation sites is 1. The van der Waals surface area contributed by atoms with E-state index in [9.17, 15) is 14.4 Å². The zero-order valence-corrected chi connectivity index (χ0v) is 12.3. The molecule has 0 aliphatic carbocycles. The third-order valence-electron chi connectivity index (χ3n) is 3.19. The molecule has 3 amide bonds. The Morgan fingerprint density at radius 3 is 2.86 bits per heavy atom. The minimum Gasteiger partial charge on any atom is -0.458 e. The Balaban J connectivity index is 1.48. The van der Waals surface area contributed by atoms with Gasteiger partial charge in [0.25, 0.3) is 5.91 Å². The second kappa shape index (κ2) is 6.10. The van der Waals surface area contributed by atoms with Crippen LogP contribution in [0, 0.1) is 0 Å². The molecule has 0 bridgehead atoms. The molecular formula is C14H13N3O4S. The summed E-state index contributed by atoms with van der Waals surface area (Å²) in [6, 6.07) is 6.49. The quantitative estimate of drug-likeness (QED) is 0.640. The number of rotatable bonds is 5. The van der Waals surface area contributed by atoms with Crippen molar-refractivity contribution < 1.29 is 19.1 Å². The lowest BCUT2D eigenvalue weighted by molar-refractivity contribution is -0.145. The van der Waals surface area contributed by atoms with E-state index in [1.807, 2.05) is 24.3 Å². The lowest BCUT2D eigenvalue weighted by Gasteiger charge is -2.06. The molecule has 2 aromatic rings. The Hall–Kier alpha value is -2.48. The molecule has 2 heterocycles. The maximum atomic E-state index is 11.7. The molecule has 22 heavy (non-hydrogen) atoms. The van der Waals surface area contributed by atoms with Gasteiger partial charge in [-0.05, 0) is 18.6 Å². The second-order valence-electron chi connectivity index (χ2n) is 4.79. The number of urea groups is 1. The minimum absolute atomic E-state index is 0.0588. The Bertz CT molecular complexity index is 710. The summed E-state index contributed by atoms with van der Waals surface area (Å²) in [7, 11) is 0. The fraction of sp³-hybridized carbons (Fsp3) is 0.286. The summed E-state index contributed by atoms with van der Waals surface area (Å²) < 4.78 is 6.18. The van der Waals surface area contributed by atoms with Gasteiger partial charge in [0.05, 0.1) is 10.2 Å². The van der Waals surface area contributed by atoms with Crippen molar-refractivity contribution in [3.63, 3.8) is 0 Å². The number of aromatic nitrogens is 1. The number of imide groups is 1. The van der Waals surface area contributed by atoms with E-state index in [0.717, 1.165) is 15.2 Å². The third kappa shape index (κ3) is 3.22. The number of amides is 3. The van der Waals surface area contributed by atoms with Crippen LogP contribution in [0.2, 0.25) is 0 Å². The molecular weight excluding hydrogens is 306 g/mol. The number of nitrogens with zero attached hydrogens (tertiary/aromatic N) is 1.